The molecule has 0 spiro atoms. The van der Waals surface area contributed by atoms with Gasteiger partial charge in [0.2, 0.25) is 5.88 Å². The van der Waals surface area contributed by atoms with E-state index in [0.717, 1.165) is 55.4 Å². The molecule has 1 fully saturated rings. The topological polar surface area (TPSA) is 73.9 Å². The zero-order valence-corrected chi connectivity index (χ0v) is 20.6. The van der Waals surface area contributed by atoms with Gasteiger partial charge in [-0.2, -0.15) is 0 Å². The van der Waals surface area contributed by atoms with Gasteiger partial charge in [0.15, 0.2) is 5.82 Å². The number of anilines is 1. The number of aryl methyl sites for hydroxylation is 2. The first-order chi connectivity index (χ1) is 17.6. The maximum atomic E-state index is 13.6. The van der Waals surface area contributed by atoms with Crippen LogP contribution in [0.2, 0.25) is 0 Å². The molecule has 9 heteroatoms. The van der Waals surface area contributed by atoms with Crippen LogP contribution in [-0.2, 0) is 6.54 Å². The predicted octanol–water partition coefficient (Wildman–Crippen LogP) is 4.71. The largest absolute Gasteiger partial charge is 0.479 e. The lowest BCUT2D eigenvalue weighted by Crippen LogP contribution is -2.34. The molecule has 1 saturated heterocycles. The highest BCUT2D eigenvalue weighted by molar-refractivity contribution is 5.56. The Labute approximate surface area is 209 Å². The first-order valence-corrected chi connectivity index (χ1v) is 12.6. The monoisotopic (exact) mass is 487 g/mol. The summed E-state index contributed by atoms with van der Waals surface area (Å²) in [5.41, 5.74) is 4.80. The Hall–Kier alpha value is -3.75. The molecule has 1 aromatic carbocycles. The van der Waals surface area contributed by atoms with E-state index >= 15 is 0 Å². The fourth-order valence-electron chi connectivity index (χ4n) is 5.28. The average molecular weight is 488 g/mol. The summed E-state index contributed by atoms with van der Waals surface area (Å²) in [5.74, 6) is 2.23. The summed E-state index contributed by atoms with van der Waals surface area (Å²) in [4.78, 5) is 16.3. The second kappa shape index (κ2) is 9.37. The van der Waals surface area contributed by atoms with E-state index in [1.807, 2.05) is 34.5 Å². The van der Waals surface area contributed by atoms with Crippen LogP contribution in [0.3, 0.4) is 0 Å². The van der Waals surface area contributed by atoms with Crippen molar-refractivity contribution in [2.45, 2.75) is 51.2 Å². The number of piperidine rings is 1. The summed E-state index contributed by atoms with van der Waals surface area (Å²) in [5, 5.41) is 4.82. The number of methoxy groups -OCH3 is 1. The van der Waals surface area contributed by atoms with Gasteiger partial charge in [0, 0.05) is 37.4 Å². The SMILES string of the molecule is COc1nc(-c2nc3n(n2)CCC[C@H]3c2cccc(N3CCC(F)CC3)c2)ccc1-n1cnc(C)c1. The summed E-state index contributed by atoms with van der Waals surface area (Å²) in [6.45, 7) is 4.31. The molecule has 186 valence electrons. The summed E-state index contributed by atoms with van der Waals surface area (Å²) in [7, 11) is 1.62. The van der Waals surface area contributed by atoms with Crippen molar-refractivity contribution >= 4 is 5.69 Å². The number of fused-ring (bicyclic) bond motifs is 1. The van der Waals surface area contributed by atoms with Gasteiger partial charge in [-0.1, -0.05) is 12.1 Å². The molecule has 3 aromatic heterocycles. The number of pyridine rings is 1. The van der Waals surface area contributed by atoms with E-state index in [-0.39, 0.29) is 5.92 Å². The molecule has 0 bridgehead atoms. The van der Waals surface area contributed by atoms with Crippen LogP contribution >= 0.6 is 0 Å². The fraction of sp³-hybridized carbons (Fsp3) is 0.407. The molecule has 0 aliphatic carbocycles. The Bertz CT molecular complexity index is 1370. The minimum Gasteiger partial charge on any atom is -0.479 e. The summed E-state index contributed by atoms with van der Waals surface area (Å²) in [6, 6.07) is 12.5. The van der Waals surface area contributed by atoms with Gasteiger partial charge in [0.25, 0.3) is 0 Å². The Balaban J connectivity index is 1.30. The van der Waals surface area contributed by atoms with Crippen LogP contribution in [0, 0.1) is 6.92 Å². The van der Waals surface area contributed by atoms with Crippen LogP contribution in [0.5, 0.6) is 5.88 Å². The zero-order valence-electron chi connectivity index (χ0n) is 20.6. The molecule has 1 atom stereocenters. The Kier molecular flexibility index (Phi) is 5.91. The molecule has 0 unspecified atom stereocenters. The van der Waals surface area contributed by atoms with E-state index in [1.54, 1.807) is 13.4 Å². The molecule has 36 heavy (non-hydrogen) atoms. The molecule has 0 N–H and O–H groups in total. The highest BCUT2D eigenvalue weighted by Crippen LogP contribution is 2.36. The van der Waals surface area contributed by atoms with Gasteiger partial charge in [-0.3, -0.25) is 0 Å². The Morgan fingerprint density at radius 1 is 1.03 bits per heavy atom. The molecule has 6 rings (SSSR count). The molecule has 5 heterocycles. The van der Waals surface area contributed by atoms with Gasteiger partial charge in [-0.25, -0.2) is 24.0 Å². The van der Waals surface area contributed by atoms with Gasteiger partial charge in [0.1, 0.15) is 23.4 Å². The van der Waals surface area contributed by atoms with Crippen LogP contribution in [-0.4, -0.2) is 55.7 Å². The van der Waals surface area contributed by atoms with Gasteiger partial charge < -0.3 is 14.2 Å². The normalized spacial score (nSPS) is 18.3. The first-order valence-electron chi connectivity index (χ1n) is 12.6. The van der Waals surface area contributed by atoms with Crippen molar-refractivity contribution in [3.63, 3.8) is 0 Å². The van der Waals surface area contributed by atoms with Crippen LogP contribution in [0.4, 0.5) is 10.1 Å². The van der Waals surface area contributed by atoms with Crippen molar-refractivity contribution in [1.82, 2.24) is 29.3 Å². The number of alkyl halides is 1. The van der Waals surface area contributed by atoms with Crippen molar-refractivity contribution in [1.29, 1.82) is 0 Å². The number of ether oxygens (including phenoxy) is 1. The standard InChI is InChI=1S/C27H30FN7O/c1-18-16-34(17-29-18)24-9-8-23(30-27(24)36-2)25-31-26-22(7-4-12-35(26)32-25)19-5-3-6-21(15-19)33-13-10-20(28)11-14-33/h3,5-6,8-9,15-17,20,22H,4,7,10-14H2,1-2H3/t22-/m0/s1. The summed E-state index contributed by atoms with van der Waals surface area (Å²) >= 11 is 0. The summed E-state index contributed by atoms with van der Waals surface area (Å²) in [6.07, 6.45) is 6.26. The van der Waals surface area contributed by atoms with Crippen LogP contribution < -0.4 is 9.64 Å². The van der Waals surface area contributed by atoms with E-state index in [4.69, 9.17) is 19.8 Å². The molecular formula is C27H30FN7O. The van der Waals surface area contributed by atoms with Crippen molar-refractivity contribution in [2.24, 2.45) is 0 Å². The second-order valence-corrected chi connectivity index (χ2v) is 9.62. The molecule has 2 aliphatic heterocycles. The average Bonchev–Trinajstić information content (AvgIpc) is 3.55. The highest BCUT2D eigenvalue weighted by Gasteiger charge is 2.28. The zero-order chi connectivity index (χ0) is 24.6. The number of halogens is 1. The van der Waals surface area contributed by atoms with Gasteiger partial charge in [-0.15, -0.1) is 5.10 Å². The van der Waals surface area contributed by atoms with Gasteiger partial charge in [0.05, 0.1) is 19.1 Å². The van der Waals surface area contributed by atoms with E-state index in [9.17, 15) is 4.39 Å². The van der Waals surface area contributed by atoms with Crippen molar-refractivity contribution in [2.75, 3.05) is 25.1 Å². The smallest absolute Gasteiger partial charge is 0.238 e. The van der Waals surface area contributed by atoms with Crippen LogP contribution in [0.1, 0.15) is 48.7 Å². The number of hydrogen-bond donors (Lipinski definition) is 0. The molecule has 0 amide bonds. The van der Waals surface area contributed by atoms with Gasteiger partial charge in [-0.05, 0) is 62.4 Å². The van der Waals surface area contributed by atoms with Crippen LogP contribution in [0.25, 0.3) is 17.2 Å². The maximum Gasteiger partial charge on any atom is 0.238 e. The predicted molar refractivity (Wildman–Crippen MR) is 136 cm³/mol. The molecule has 2 aliphatic rings. The minimum absolute atomic E-state index is 0.161. The van der Waals surface area contributed by atoms with Gasteiger partial charge >= 0.3 is 0 Å². The van der Waals surface area contributed by atoms with E-state index in [1.165, 1.54) is 5.56 Å². The minimum atomic E-state index is -0.676. The molecule has 0 radical (unpaired) electrons. The van der Waals surface area contributed by atoms with E-state index < -0.39 is 6.17 Å². The van der Waals surface area contributed by atoms with Crippen molar-refractivity contribution in [3.8, 4) is 23.1 Å². The fourth-order valence-corrected chi connectivity index (χ4v) is 5.28. The summed E-state index contributed by atoms with van der Waals surface area (Å²) < 4.78 is 23.2. The lowest BCUT2D eigenvalue weighted by molar-refractivity contribution is 0.277. The molecule has 0 saturated carbocycles. The Morgan fingerprint density at radius 2 is 1.89 bits per heavy atom. The number of imidazole rings is 1. The highest BCUT2D eigenvalue weighted by atomic mass is 19.1. The number of hydrogen-bond acceptors (Lipinski definition) is 6. The lowest BCUT2D eigenvalue weighted by Gasteiger charge is -2.31. The number of rotatable bonds is 5. The third kappa shape index (κ3) is 4.23. The second-order valence-electron chi connectivity index (χ2n) is 9.62. The molecule has 8 nitrogen and oxygen atoms in total. The van der Waals surface area contributed by atoms with E-state index in [0.29, 0.717) is 30.2 Å². The van der Waals surface area contributed by atoms with Crippen molar-refractivity contribution < 1.29 is 9.13 Å². The number of benzene rings is 1. The number of aromatic nitrogens is 6. The molecule has 4 aromatic rings. The maximum absolute atomic E-state index is 13.6. The van der Waals surface area contributed by atoms with E-state index in [2.05, 4.69) is 34.1 Å². The number of nitrogens with zero attached hydrogens (tertiary/aromatic N) is 7. The quantitative estimate of drug-likeness (QED) is 0.406. The molecular weight excluding hydrogens is 457 g/mol. The lowest BCUT2D eigenvalue weighted by atomic mass is 9.90. The van der Waals surface area contributed by atoms with Crippen LogP contribution in [0.15, 0.2) is 48.9 Å². The first kappa shape index (κ1) is 22.7. The third-order valence-corrected chi connectivity index (χ3v) is 7.19. The third-order valence-electron chi connectivity index (χ3n) is 7.19. The van der Waals surface area contributed by atoms with Crippen molar-refractivity contribution in [3.05, 3.63) is 66.0 Å². The Morgan fingerprint density at radius 3 is 2.67 bits per heavy atom.